The highest BCUT2D eigenvalue weighted by atomic mass is 16.1. The van der Waals surface area contributed by atoms with Gasteiger partial charge in [-0.2, -0.15) is 0 Å². The quantitative estimate of drug-likeness (QED) is 0.626. The van der Waals surface area contributed by atoms with Crippen molar-refractivity contribution in [3.8, 4) is 0 Å². The van der Waals surface area contributed by atoms with E-state index in [2.05, 4.69) is 20.3 Å². The Hall–Kier alpha value is -2.89. The van der Waals surface area contributed by atoms with E-state index in [-0.39, 0.29) is 5.91 Å². The number of fused-ring (bicyclic) bond motifs is 1. The lowest BCUT2D eigenvalue weighted by atomic mass is 10.1. The van der Waals surface area contributed by atoms with Crippen LogP contribution in [0.2, 0.25) is 0 Å². The molecule has 4 N–H and O–H groups in total. The number of hydrogen-bond acceptors (Lipinski definition) is 4. The van der Waals surface area contributed by atoms with Gasteiger partial charge in [-0.3, -0.25) is 4.79 Å². The number of nitrogens with zero attached hydrogens (tertiary/aromatic N) is 2. The normalized spacial score (nSPS) is 10.6. The fourth-order valence-electron chi connectivity index (χ4n) is 2.01. The summed E-state index contributed by atoms with van der Waals surface area (Å²) in [7, 11) is 0. The number of anilines is 1. The zero-order valence-electron chi connectivity index (χ0n) is 10.6. The van der Waals surface area contributed by atoms with E-state index in [0.717, 1.165) is 16.6 Å². The van der Waals surface area contributed by atoms with Crippen molar-refractivity contribution >= 4 is 22.5 Å². The van der Waals surface area contributed by atoms with Crippen LogP contribution in [-0.2, 0) is 6.54 Å². The van der Waals surface area contributed by atoms with Gasteiger partial charge in [0, 0.05) is 29.0 Å². The van der Waals surface area contributed by atoms with Gasteiger partial charge < -0.3 is 16.0 Å². The Bertz CT molecular complexity index is 751. The first-order valence-corrected chi connectivity index (χ1v) is 6.14. The van der Waals surface area contributed by atoms with Crippen molar-refractivity contribution in [3.63, 3.8) is 0 Å². The molecule has 2 heterocycles. The molecule has 6 heteroatoms. The van der Waals surface area contributed by atoms with E-state index in [0.29, 0.717) is 17.8 Å². The third kappa shape index (κ3) is 2.31. The Morgan fingerprint density at radius 1 is 1.35 bits per heavy atom. The number of nitrogens with two attached hydrogens (primary N) is 1. The van der Waals surface area contributed by atoms with Crippen molar-refractivity contribution in [1.29, 1.82) is 0 Å². The molecule has 100 valence electrons. The molecule has 1 aromatic carbocycles. The lowest BCUT2D eigenvalue weighted by Gasteiger charge is -2.03. The largest absolute Gasteiger partial charge is 0.399 e. The van der Waals surface area contributed by atoms with E-state index < -0.39 is 0 Å². The maximum absolute atomic E-state index is 12.2. The van der Waals surface area contributed by atoms with Gasteiger partial charge in [0.05, 0.1) is 17.8 Å². The van der Waals surface area contributed by atoms with Crippen molar-refractivity contribution in [1.82, 2.24) is 20.3 Å². The minimum Gasteiger partial charge on any atom is -0.399 e. The summed E-state index contributed by atoms with van der Waals surface area (Å²) in [6.07, 6.45) is 4.77. The van der Waals surface area contributed by atoms with Gasteiger partial charge in [0.2, 0.25) is 0 Å². The van der Waals surface area contributed by atoms with E-state index in [9.17, 15) is 4.79 Å². The first-order chi connectivity index (χ1) is 9.74. The van der Waals surface area contributed by atoms with Gasteiger partial charge in [-0.1, -0.05) is 0 Å². The molecule has 6 nitrogen and oxygen atoms in total. The number of H-pyrrole nitrogens is 1. The molecule has 3 rings (SSSR count). The molecule has 0 saturated carbocycles. The summed E-state index contributed by atoms with van der Waals surface area (Å²) in [5.41, 5.74) is 8.59. The highest BCUT2D eigenvalue weighted by Crippen LogP contribution is 2.20. The Labute approximate surface area is 115 Å². The van der Waals surface area contributed by atoms with Gasteiger partial charge in [0.15, 0.2) is 0 Å². The molecule has 0 bridgehead atoms. The maximum Gasteiger partial charge on any atom is 0.253 e. The highest BCUT2D eigenvalue weighted by molar-refractivity contribution is 6.07. The van der Waals surface area contributed by atoms with Gasteiger partial charge in [-0.05, 0) is 24.3 Å². The van der Waals surface area contributed by atoms with Crippen LogP contribution in [0.25, 0.3) is 10.9 Å². The SMILES string of the molecule is Nc1ccc2[nH]cc(C(=O)NCc3ccncn3)c2c1. The number of rotatable bonds is 3. The average Bonchev–Trinajstić information content (AvgIpc) is 2.89. The molecule has 0 fully saturated rings. The molecule has 0 saturated heterocycles. The monoisotopic (exact) mass is 267 g/mol. The number of carbonyl (C=O) groups excluding carboxylic acids is 1. The zero-order chi connectivity index (χ0) is 13.9. The average molecular weight is 267 g/mol. The first-order valence-electron chi connectivity index (χ1n) is 6.14. The number of aromatic nitrogens is 3. The Balaban J connectivity index is 1.80. The molecule has 0 aliphatic carbocycles. The molecule has 20 heavy (non-hydrogen) atoms. The minimum atomic E-state index is -0.166. The van der Waals surface area contributed by atoms with Crippen LogP contribution in [0.5, 0.6) is 0 Å². The third-order valence-electron chi connectivity index (χ3n) is 3.02. The lowest BCUT2D eigenvalue weighted by Crippen LogP contribution is -2.23. The standard InChI is InChI=1S/C14H13N5O/c15-9-1-2-13-11(5-9)12(7-17-13)14(20)18-6-10-3-4-16-8-19-10/h1-5,7-8,17H,6,15H2,(H,18,20). The van der Waals surface area contributed by atoms with Crippen LogP contribution in [0, 0.1) is 0 Å². The highest BCUT2D eigenvalue weighted by Gasteiger charge is 2.12. The van der Waals surface area contributed by atoms with Crippen LogP contribution in [0.4, 0.5) is 5.69 Å². The summed E-state index contributed by atoms with van der Waals surface area (Å²) in [5.74, 6) is -0.166. The van der Waals surface area contributed by atoms with Gasteiger partial charge >= 0.3 is 0 Å². The van der Waals surface area contributed by atoms with Crippen LogP contribution < -0.4 is 11.1 Å². The molecule has 0 spiro atoms. The second-order valence-electron chi connectivity index (χ2n) is 4.39. The summed E-state index contributed by atoms with van der Waals surface area (Å²) in [6.45, 7) is 0.357. The van der Waals surface area contributed by atoms with Gasteiger partial charge in [-0.15, -0.1) is 0 Å². The fraction of sp³-hybridized carbons (Fsp3) is 0.0714. The number of carbonyl (C=O) groups is 1. The minimum absolute atomic E-state index is 0.166. The molecule has 0 radical (unpaired) electrons. The summed E-state index contributed by atoms with van der Waals surface area (Å²) in [5, 5.41) is 3.63. The molecule has 0 aliphatic heterocycles. The van der Waals surface area contributed by atoms with Gasteiger partial charge in [0.25, 0.3) is 5.91 Å². The van der Waals surface area contributed by atoms with Crippen molar-refractivity contribution < 1.29 is 4.79 Å². The molecular weight excluding hydrogens is 254 g/mol. The molecule has 0 unspecified atom stereocenters. The first kappa shape index (κ1) is 12.2. The predicted octanol–water partition coefficient (Wildman–Crippen LogP) is 1.47. The van der Waals surface area contributed by atoms with Crippen LogP contribution in [-0.4, -0.2) is 20.9 Å². The second kappa shape index (κ2) is 5.00. The Morgan fingerprint density at radius 2 is 2.25 bits per heavy atom. The summed E-state index contributed by atoms with van der Waals surface area (Å²) in [4.78, 5) is 23.1. The third-order valence-corrected chi connectivity index (χ3v) is 3.02. The molecule has 0 aliphatic rings. The van der Waals surface area contributed by atoms with Crippen LogP contribution in [0.1, 0.15) is 16.1 Å². The smallest absolute Gasteiger partial charge is 0.253 e. The van der Waals surface area contributed by atoms with Crippen molar-refractivity contribution in [2.75, 3.05) is 5.73 Å². The van der Waals surface area contributed by atoms with E-state index >= 15 is 0 Å². The summed E-state index contributed by atoms with van der Waals surface area (Å²) >= 11 is 0. The van der Waals surface area contributed by atoms with Crippen LogP contribution in [0.3, 0.4) is 0 Å². The molecular formula is C14H13N5O. The molecule has 2 aromatic heterocycles. The second-order valence-corrected chi connectivity index (χ2v) is 4.39. The Morgan fingerprint density at radius 3 is 3.05 bits per heavy atom. The fourth-order valence-corrected chi connectivity index (χ4v) is 2.01. The van der Waals surface area contributed by atoms with E-state index in [1.54, 1.807) is 30.6 Å². The predicted molar refractivity (Wildman–Crippen MR) is 75.9 cm³/mol. The van der Waals surface area contributed by atoms with Gasteiger partial charge in [0.1, 0.15) is 6.33 Å². The molecule has 0 atom stereocenters. The lowest BCUT2D eigenvalue weighted by molar-refractivity contribution is 0.0952. The number of nitrogens with one attached hydrogen (secondary N) is 2. The zero-order valence-corrected chi connectivity index (χ0v) is 10.6. The number of amides is 1. The molecule has 1 amide bonds. The van der Waals surface area contributed by atoms with Crippen LogP contribution in [0.15, 0.2) is 43.0 Å². The number of hydrogen-bond donors (Lipinski definition) is 3. The summed E-state index contributed by atoms with van der Waals surface area (Å²) < 4.78 is 0. The van der Waals surface area contributed by atoms with E-state index in [1.165, 1.54) is 6.33 Å². The Kier molecular flexibility index (Phi) is 3.04. The van der Waals surface area contributed by atoms with E-state index in [1.807, 2.05) is 6.07 Å². The van der Waals surface area contributed by atoms with Crippen LogP contribution >= 0.6 is 0 Å². The number of nitrogen functional groups attached to an aromatic ring is 1. The number of benzene rings is 1. The molecule has 3 aromatic rings. The topological polar surface area (TPSA) is 96.7 Å². The van der Waals surface area contributed by atoms with Gasteiger partial charge in [-0.25, -0.2) is 9.97 Å². The maximum atomic E-state index is 12.2. The van der Waals surface area contributed by atoms with Crippen molar-refractivity contribution in [3.05, 3.63) is 54.2 Å². The number of aromatic amines is 1. The van der Waals surface area contributed by atoms with Crippen molar-refractivity contribution in [2.45, 2.75) is 6.54 Å². The van der Waals surface area contributed by atoms with E-state index in [4.69, 9.17) is 5.73 Å². The summed E-state index contributed by atoms with van der Waals surface area (Å²) in [6, 6.07) is 7.19. The van der Waals surface area contributed by atoms with Crippen molar-refractivity contribution in [2.24, 2.45) is 0 Å².